The highest BCUT2D eigenvalue weighted by Crippen LogP contribution is 2.14. The van der Waals surface area contributed by atoms with Crippen LogP contribution in [0.4, 0.5) is 0 Å². The zero-order valence-electron chi connectivity index (χ0n) is 5.74. The molecule has 1 aromatic heterocycles. The summed E-state index contributed by atoms with van der Waals surface area (Å²) in [5.41, 5.74) is 0. The molecule has 1 heterocycles. The lowest BCUT2D eigenvalue weighted by Gasteiger charge is -1.81. The molecule has 10 heavy (non-hydrogen) atoms. The molecule has 1 rings (SSSR count). The van der Waals surface area contributed by atoms with Crippen molar-refractivity contribution >= 4 is 17.6 Å². The lowest BCUT2D eigenvalue weighted by Crippen LogP contribution is -1.68. The molecule has 0 fully saturated rings. The molecular weight excluding hydrogens is 146 g/mol. The van der Waals surface area contributed by atoms with Gasteiger partial charge in [0.1, 0.15) is 0 Å². The first-order valence-electron chi connectivity index (χ1n) is 3.13. The molecule has 1 N–H and O–H groups in total. The maximum Gasteiger partial charge on any atom is 0.0833 e. The van der Waals surface area contributed by atoms with E-state index in [1.54, 1.807) is 11.3 Å². The van der Waals surface area contributed by atoms with Crippen LogP contribution >= 0.6 is 11.3 Å². The summed E-state index contributed by atoms with van der Waals surface area (Å²) < 4.78 is 0. The van der Waals surface area contributed by atoms with Gasteiger partial charge in [-0.3, -0.25) is 0 Å². The highest BCUT2D eigenvalue weighted by Gasteiger charge is 1.93. The summed E-state index contributed by atoms with van der Waals surface area (Å²) in [5, 5.41) is 11.1. The average molecular weight is 155 g/mol. The Kier molecular flexibility index (Phi) is 2.45. The Balaban J connectivity index is 2.78. The Bertz CT molecular complexity index is 229. The summed E-state index contributed by atoms with van der Waals surface area (Å²) in [7, 11) is 0. The molecule has 0 unspecified atom stereocenters. The van der Waals surface area contributed by atoms with E-state index in [1.807, 2.05) is 12.1 Å². The molecular formula is C7H9NOS. The van der Waals surface area contributed by atoms with Gasteiger partial charge in [0.05, 0.1) is 6.21 Å². The van der Waals surface area contributed by atoms with Crippen molar-refractivity contribution in [3.8, 4) is 0 Å². The van der Waals surface area contributed by atoms with Crippen LogP contribution in [0.25, 0.3) is 0 Å². The summed E-state index contributed by atoms with van der Waals surface area (Å²) in [6.07, 6.45) is 2.49. The van der Waals surface area contributed by atoms with Gasteiger partial charge in [0.15, 0.2) is 0 Å². The lowest BCUT2D eigenvalue weighted by molar-refractivity contribution is 0.322. The van der Waals surface area contributed by atoms with Crippen LogP contribution in [-0.2, 0) is 6.42 Å². The minimum absolute atomic E-state index is 0.999. The summed E-state index contributed by atoms with van der Waals surface area (Å²) in [5.74, 6) is 0. The third-order valence-corrected chi connectivity index (χ3v) is 2.38. The third kappa shape index (κ3) is 1.57. The predicted molar refractivity (Wildman–Crippen MR) is 43.1 cm³/mol. The second-order valence-electron chi connectivity index (χ2n) is 1.90. The predicted octanol–water partition coefficient (Wildman–Crippen LogP) is 2.12. The van der Waals surface area contributed by atoms with E-state index in [2.05, 4.69) is 12.1 Å². The van der Waals surface area contributed by atoms with Crippen molar-refractivity contribution in [1.82, 2.24) is 0 Å². The van der Waals surface area contributed by atoms with Gasteiger partial charge in [-0.25, -0.2) is 0 Å². The molecule has 0 saturated heterocycles. The van der Waals surface area contributed by atoms with E-state index in [-0.39, 0.29) is 0 Å². The summed E-state index contributed by atoms with van der Waals surface area (Å²) in [6, 6.07) is 3.99. The zero-order valence-corrected chi connectivity index (χ0v) is 6.56. The highest BCUT2D eigenvalue weighted by atomic mass is 32.1. The van der Waals surface area contributed by atoms with Crippen LogP contribution < -0.4 is 0 Å². The molecule has 0 aromatic carbocycles. The fourth-order valence-electron chi connectivity index (χ4n) is 0.711. The molecule has 0 aliphatic heterocycles. The molecule has 0 aliphatic carbocycles. The van der Waals surface area contributed by atoms with E-state index < -0.39 is 0 Å². The Labute approximate surface area is 63.8 Å². The second kappa shape index (κ2) is 3.37. The topological polar surface area (TPSA) is 32.6 Å². The Morgan fingerprint density at radius 3 is 3.00 bits per heavy atom. The van der Waals surface area contributed by atoms with Crippen LogP contribution in [0.15, 0.2) is 17.3 Å². The van der Waals surface area contributed by atoms with Crippen LogP contribution in [0.1, 0.15) is 16.7 Å². The molecule has 0 saturated carbocycles. The van der Waals surface area contributed by atoms with Crippen LogP contribution in [-0.4, -0.2) is 11.4 Å². The zero-order chi connectivity index (χ0) is 7.40. The highest BCUT2D eigenvalue weighted by molar-refractivity contribution is 7.13. The van der Waals surface area contributed by atoms with Crippen LogP contribution in [0.3, 0.4) is 0 Å². The number of hydrogen-bond donors (Lipinski definition) is 1. The van der Waals surface area contributed by atoms with E-state index in [4.69, 9.17) is 5.21 Å². The van der Waals surface area contributed by atoms with E-state index in [9.17, 15) is 0 Å². The summed E-state index contributed by atoms with van der Waals surface area (Å²) >= 11 is 1.65. The summed E-state index contributed by atoms with van der Waals surface area (Å²) in [4.78, 5) is 2.31. The van der Waals surface area contributed by atoms with E-state index >= 15 is 0 Å². The van der Waals surface area contributed by atoms with Gasteiger partial charge in [0, 0.05) is 9.75 Å². The van der Waals surface area contributed by atoms with Crippen molar-refractivity contribution in [3.63, 3.8) is 0 Å². The van der Waals surface area contributed by atoms with Gasteiger partial charge in [-0.1, -0.05) is 12.1 Å². The van der Waals surface area contributed by atoms with Gasteiger partial charge in [0.2, 0.25) is 0 Å². The SMILES string of the molecule is CCc1ccc(/C=N/O)s1. The fraction of sp³-hybridized carbons (Fsp3) is 0.286. The Morgan fingerprint density at radius 1 is 1.70 bits per heavy atom. The standard InChI is InChI=1S/C7H9NOS/c1-2-6-3-4-7(10-6)5-8-9/h3-5,9H,2H2,1H3/b8-5+. The normalized spacial score (nSPS) is 10.9. The van der Waals surface area contributed by atoms with E-state index in [0.717, 1.165) is 11.3 Å². The number of rotatable bonds is 2. The quantitative estimate of drug-likeness (QED) is 0.396. The molecule has 2 nitrogen and oxygen atoms in total. The first-order chi connectivity index (χ1) is 4.86. The van der Waals surface area contributed by atoms with Gasteiger partial charge >= 0.3 is 0 Å². The van der Waals surface area contributed by atoms with E-state index in [1.165, 1.54) is 11.1 Å². The van der Waals surface area contributed by atoms with Crippen LogP contribution in [0.5, 0.6) is 0 Å². The first kappa shape index (κ1) is 7.28. The largest absolute Gasteiger partial charge is 0.411 e. The fourth-order valence-corrected chi connectivity index (χ4v) is 1.53. The van der Waals surface area contributed by atoms with Gasteiger partial charge < -0.3 is 5.21 Å². The summed E-state index contributed by atoms with van der Waals surface area (Å²) in [6.45, 7) is 2.10. The van der Waals surface area contributed by atoms with Crippen molar-refractivity contribution in [3.05, 3.63) is 21.9 Å². The van der Waals surface area contributed by atoms with Crippen molar-refractivity contribution in [2.45, 2.75) is 13.3 Å². The monoisotopic (exact) mass is 155 g/mol. The van der Waals surface area contributed by atoms with Gasteiger partial charge in [-0.2, -0.15) is 0 Å². The first-order valence-corrected chi connectivity index (χ1v) is 3.94. The molecule has 1 aromatic rings. The second-order valence-corrected chi connectivity index (χ2v) is 3.10. The van der Waals surface area contributed by atoms with Crippen molar-refractivity contribution in [2.24, 2.45) is 5.16 Å². The minimum Gasteiger partial charge on any atom is -0.411 e. The molecule has 0 radical (unpaired) electrons. The van der Waals surface area contributed by atoms with Crippen molar-refractivity contribution < 1.29 is 5.21 Å². The van der Waals surface area contributed by atoms with Crippen LogP contribution in [0.2, 0.25) is 0 Å². The number of hydrogen-bond acceptors (Lipinski definition) is 3. The minimum atomic E-state index is 0.999. The Hall–Kier alpha value is -0.830. The number of aryl methyl sites for hydroxylation is 1. The maximum atomic E-state index is 8.18. The lowest BCUT2D eigenvalue weighted by atomic mass is 10.4. The smallest absolute Gasteiger partial charge is 0.0833 e. The van der Waals surface area contributed by atoms with E-state index in [0.29, 0.717) is 0 Å². The van der Waals surface area contributed by atoms with Gasteiger partial charge in [0.25, 0.3) is 0 Å². The average Bonchev–Trinajstić information content (AvgIpc) is 2.37. The van der Waals surface area contributed by atoms with Crippen LogP contribution in [0, 0.1) is 0 Å². The maximum absolute atomic E-state index is 8.18. The number of oxime groups is 1. The molecule has 54 valence electrons. The van der Waals surface area contributed by atoms with Crippen molar-refractivity contribution in [1.29, 1.82) is 0 Å². The third-order valence-electron chi connectivity index (χ3n) is 1.22. The molecule has 0 atom stereocenters. The molecule has 0 amide bonds. The molecule has 0 aliphatic rings. The molecule has 0 bridgehead atoms. The molecule has 0 spiro atoms. The van der Waals surface area contributed by atoms with Crippen molar-refractivity contribution in [2.75, 3.05) is 0 Å². The van der Waals surface area contributed by atoms with Gasteiger partial charge in [-0.05, 0) is 18.6 Å². The van der Waals surface area contributed by atoms with Gasteiger partial charge in [-0.15, -0.1) is 11.3 Å². The number of thiophene rings is 1. The molecule has 3 heteroatoms. The number of nitrogens with zero attached hydrogens (tertiary/aromatic N) is 1. The Morgan fingerprint density at radius 2 is 2.50 bits per heavy atom.